The number of carbonyl (C=O) groups is 2. The lowest BCUT2D eigenvalue weighted by molar-refractivity contribution is 0.0631. The van der Waals surface area contributed by atoms with Crippen molar-refractivity contribution in [1.29, 1.82) is 0 Å². The topological polar surface area (TPSA) is 75.3 Å². The number of ether oxygens (including phenoxy) is 1. The number of hydrogen-bond donors (Lipinski definition) is 1. The summed E-state index contributed by atoms with van der Waals surface area (Å²) in [5.74, 6) is 1.29. The Morgan fingerprint density at radius 2 is 1.74 bits per heavy atom. The van der Waals surface area contributed by atoms with Gasteiger partial charge in [-0.05, 0) is 68.5 Å². The number of hydrogen-bond acceptors (Lipinski definition) is 4. The molecule has 1 aromatic heterocycles. The zero-order valence-corrected chi connectivity index (χ0v) is 17.3. The molecule has 31 heavy (non-hydrogen) atoms. The molecular formula is C25H25N3O3. The SMILES string of the molecule is O=C(c1ccc(Oc2ccccc2)cc1)C1CCCN(C(=O)c2n[nH]c3c2CCC3)C1. The van der Waals surface area contributed by atoms with Gasteiger partial charge in [0.15, 0.2) is 11.5 Å². The summed E-state index contributed by atoms with van der Waals surface area (Å²) in [5.41, 5.74) is 3.35. The van der Waals surface area contributed by atoms with Gasteiger partial charge in [-0.1, -0.05) is 18.2 Å². The van der Waals surface area contributed by atoms with Crippen LogP contribution in [0.25, 0.3) is 0 Å². The molecule has 2 heterocycles. The van der Waals surface area contributed by atoms with E-state index in [2.05, 4.69) is 10.2 Å². The lowest BCUT2D eigenvalue weighted by Crippen LogP contribution is -2.42. The van der Waals surface area contributed by atoms with Crippen LogP contribution in [-0.4, -0.2) is 39.9 Å². The Bertz CT molecular complexity index is 1090. The van der Waals surface area contributed by atoms with Crippen LogP contribution in [-0.2, 0) is 12.8 Å². The van der Waals surface area contributed by atoms with Crippen LogP contribution < -0.4 is 4.74 Å². The highest BCUT2D eigenvalue weighted by Gasteiger charge is 2.32. The number of ketones is 1. The molecule has 1 atom stereocenters. The Balaban J connectivity index is 1.25. The fourth-order valence-corrected chi connectivity index (χ4v) is 4.57. The molecule has 0 bridgehead atoms. The molecule has 3 aromatic rings. The van der Waals surface area contributed by atoms with Crippen LogP contribution in [0.2, 0.25) is 0 Å². The second-order valence-corrected chi connectivity index (χ2v) is 8.28. The summed E-state index contributed by atoms with van der Waals surface area (Å²) in [5, 5.41) is 7.28. The van der Waals surface area contributed by atoms with Gasteiger partial charge in [0.05, 0.1) is 0 Å². The second-order valence-electron chi connectivity index (χ2n) is 8.28. The zero-order valence-electron chi connectivity index (χ0n) is 17.3. The molecule has 2 aliphatic rings. The molecule has 0 spiro atoms. The number of H-pyrrole nitrogens is 1. The van der Waals surface area contributed by atoms with Gasteiger partial charge in [-0.25, -0.2) is 0 Å². The van der Waals surface area contributed by atoms with Crippen molar-refractivity contribution in [3.8, 4) is 11.5 Å². The molecular weight excluding hydrogens is 390 g/mol. The first kappa shape index (κ1) is 19.5. The summed E-state index contributed by atoms with van der Waals surface area (Å²) < 4.78 is 5.81. The largest absolute Gasteiger partial charge is 0.457 e. The first-order chi connectivity index (χ1) is 15.2. The fraction of sp³-hybridized carbons (Fsp3) is 0.320. The van der Waals surface area contributed by atoms with Gasteiger partial charge in [0.2, 0.25) is 0 Å². The van der Waals surface area contributed by atoms with E-state index in [0.29, 0.717) is 30.1 Å². The predicted molar refractivity (Wildman–Crippen MR) is 117 cm³/mol. The van der Waals surface area contributed by atoms with E-state index in [1.165, 1.54) is 0 Å². The maximum Gasteiger partial charge on any atom is 0.274 e. The fourth-order valence-electron chi connectivity index (χ4n) is 4.57. The van der Waals surface area contributed by atoms with Gasteiger partial charge in [-0.2, -0.15) is 5.10 Å². The van der Waals surface area contributed by atoms with E-state index in [0.717, 1.165) is 49.1 Å². The maximum absolute atomic E-state index is 13.1. The van der Waals surface area contributed by atoms with Crippen molar-refractivity contribution < 1.29 is 14.3 Å². The quantitative estimate of drug-likeness (QED) is 0.626. The normalized spacial score (nSPS) is 17.9. The van der Waals surface area contributed by atoms with Crippen molar-refractivity contribution in [2.24, 2.45) is 5.92 Å². The van der Waals surface area contributed by atoms with Gasteiger partial charge < -0.3 is 9.64 Å². The minimum atomic E-state index is -0.189. The zero-order chi connectivity index (χ0) is 21.2. The Hall–Kier alpha value is -3.41. The highest BCUT2D eigenvalue weighted by atomic mass is 16.5. The van der Waals surface area contributed by atoms with Crippen LogP contribution in [0.1, 0.15) is 51.4 Å². The van der Waals surface area contributed by atoms with E-state index in [4.69, 9.17) is 4.74 Å². The van der Waals surface area contributed by atoms with E-state index in [-0.39, 0.29) is 17.6 Å². The molecule has 2 aromatic carbocycles. The molecule has 1 fully saturated rings. The van der Waals surface area contributed by atoms with E-state index in [1.807, 2.05) is 54.6 Å². The van der Waals surface area contributed by atoms with E-state index < -0.39 is 0 Å². The van der Waals surface area contributed by atoms with E-state index in [1.54, 1.807) is 4.90 Å². The molecule has 1 aliphatic carbocycles. The third kappa shape index (κ3) is 3.98. The summed E-state index contributed by atoms with van der Waals surface area (Å²) >= 11 is 0. The second kappa shape index (κ2) is 8.38. The number of aromatic amines is 1. The van der Waals surface area contributed by atoms with Crippen LogP contribution >= 0.6 is 0 Å². The molecule has 1 N–H and O–H groups in total. The smallest absolute Gasteiger partial charge is 0.274 e. The molecule has 0 radical (unpaired) electrons. The number of aryl methyl sites for hydroxylation is 1. The van der Waals surface area contributed by atoms with Crippen LogP contribution in [0, 0.1) is 5.92 Å². The van der Waals surface area contributed by atoms with Gasteiger partial charge >= 0.3 is 0 Å². The minimum Gasteiger partial charge on any atom is -0.457 e. The van der Waals surface area contributed by atoms with Gasteiger partial charge in [0, 0.05) is 35.8 Å². The molecule has 6 heteroatoms. The van der Waals surface area contributed by atoms with Gasteiger partial charge in [-0.15, -0.1) is 0 Å². The third-order valence-corrected chi connectivity index (χ3v) is 6.21. The summed E-state index contributed by atoms with van der Waals surface area (Å²) in [6.07, 6.45) is 4.55. The van der Waals surface area contributed by atoms with Crippen molar-refractivity contribution >= 4 is 11.7 Å². The molecule has 6 nitrogen and oxygen atoms in total. The molecule has 1 saturated heterocycles. The molecule has 1 amide bonds. The summed E-state index contributed by atoms with van der Waals surface area (Å²) in [6.45, 7) is 1.12. The van der Waals surface area contributed by atoms with Crippen LogP contribution in [0.5, 0.6) is 11.5 Å². The highest BCUT2D eigenvalue weighted by Crippen LogP contribution is 2.28. The molecule has 0 saturated carbocycles. The number of Topliss-reactive ketones (excluding diaryl/α,β-unsaturated/α-hetero) is 1. The van der Waals surface area contributed by atoms with Gasteiger partial charge in [0.25, 0.3) is 5.91 Å². The third-order valence-electron chi connectivity index (χ3n) is 6.21. The maximum atomic E-state index is 13.1. The molecule has 5 rings (SSSR count). The molecule has 158 valence electrons. The number of likely N-dealkylation sites (tertiary alicyclic amines) is 1. The van der Waals surface area contributed by atoms with Crippen molar-refractivity contribution in [3.63, 3.8) is 0 Å². The number of rotatable bonds is 5. The average Bonchev–Trinajstić information content (AvgIpc) is 3.44. The standard InChI is InChI=1S/C25H25N3O3/c29-24(17-11-13-20(14-12-17)31-19-7-2-1-3-8-19)18-6-5-15-28(16-18)25(30)23-21-9-4-10-22(21)26-27-23/h1-3,7-8,11-14,18H,4-6,9-10,15-16H2,(H,26,27). The van der Waals surface area contributed by atoms with Crippen molar-refractivity contribution in [2.75, 3.05) is 13.1 Å². The first-order valence-electron chi connectivity index (χ1n) is 10.9. The lowest BCUT2D eigenvalue weighted by atomic mass is 9.89. The number of amides is 1. The first-order valence-corrected chi connectivity index (χ1v) is 10.9. The Morgan fingerprint density at radius 3 is 2.55 bits per heavy atom. The molecule has 1 unspecified atom stereocenters. The minimum absolute atomic E-state index is 0.0523. The monoisotopic (exact) mass is 415 g/mol. The van der Waals surface area contributed by atoms with E-state index in [9.17, 15) is 9.59 Å². The highest BCUT2D eigenvalue weighted by molar-refractivity contribution is 5.99. The average molecular weight is 415 g/mol. The number of aromatic nitrogens is 2. The van der Waals surface area contributed by atoms with Crippen molar-refractivity contribution in [1.82, 2.24) is 15.1 Å². The number of piperidine rings is 1. The Morgan fingerprint density at radius 1 is 0.968 bits per heavy atom. The van der Waals surface area contributed by atoms with Gasteiger partial charge in [-0.3, -0.25) is 14.7 Å². The lowest BCUT2D eigenvalue weighted by Gasteiger charge is -2.31. The van der Waals surface area contributed by atoms with Crippen LogP contribution in [0.4, 0.5) is 0 Å². The summed E-state index contributed by atoms with van der Waals surface area (Å²) in [4.78, 5) is 28.0. The van der Waals surface area contributed by atoms with Crippen molar-refractivity contribution in [3.05, 3.63) is 77.1 Å². The van der Waals surface area contributed by atoms with Crippen LogP contribution in [0.15, 0.2) is 54.6 Å². The number of nitrogens with one attached hydrogen (secondary N) is 1. The Kier molecular flexibility index (Phi) is 5.28. The van der Waals surface area contributed by atoms with Crippen molar-refractivity contribution in [2.45, 2.75) is 32.1 Å². The summed E-state index contributed by atoms with van der Waals surface area (Å²) in [7, 11) is 0. The Labute approximate surface area is 181 Å². The number of fused-ring (bicyclic) bond motifs is 1. The van der Waals surface area contributed by atoms with E-state index >= 15 is 0 Å². The number of carbonyl (C=O) groups excluding carboxylic acids is 2. The molecule has 1 aliphatic heterocycles. The predicted octanol–water partition coefficient (Wildman–Crippen LogP) is 4.43. The number of nitrogens with zero attached hydrogens (tertiary/aromatic N) is 2. The summed E-state index contributed by atoms with van der Waals surface area (Å²) in [6, 6.07) is 16.8. The number of benzene rings is 2. The van der Waals surface area contributed by atoms with Crippen LogP contribution in [0.3, 0.4) is 0 Å². The van der Waals surface area contributed by atoms with Gasteiger partial charge in [0.1, 0.15) is 11.5 Å². The number of para-hydroxylation sites is 1.